The molecule has 224 valence electrons. The Morgan fingerprint density at radius 3 is 2.57 bits per heavy atom. The summed E-state index contributed by atoms with van der Waals surface area (Å²) in [7, 11) is 1.41. The van der Waals surface area contributed by atoms with Crippen LogP contribution in [0.5, 0.6) is 5.75 Å². The van der Waals surface area contributed by atoms with Gasteiger partial charge < -0.3 is 39.6 Å². The van der Waals surface area contributed by atoms with Crippen LogP contribution in [0.25, 0.3) is 0 Å². The second-order valence-electron chi connectivity index (χ2n) is 10.7. The number of rotatable bonds is 7. The summed E-state index contributed by atoms with van der Waals surface area (Å²) in [6.45, 7) is 2.48. The first kappa shape index (κ1) is 29.8. The molecule has 1 amide bonds. The van der Waals surface area contributed by atoms with E-state index >= 15 is 0 Å². The second-order valence-corrected chi connectivity index (χ2v) is 10.7. The summed E-state index contributed by atoms with van der Waals surface area (Å²) in [4.78, 5) is 51.9. The molecule has 5 rings (SSSR count). The lowest BCUT2D eigenvalue weighted by Crippen LogP contribution is -2.56. The van der Waals surface area contributed by atoms with Gasteiger partial charge in [-0.25, -0.2) is 4.79 Å². The van der Waals surface area contributed by atoms with Gasteiger partial charge in [-0.2, -0.15) is 0 Å². The van der Waals surface area contributed by atoms with Crippen molar-refractivity contribution >= 4 is 23.4 Å². The van der Waals surface area contributed by atoms with E-state index in [2.05, 4.69) is 5.32 Å². The summed E-state index contributed by atoms with van der Waals surface area (Å²) in [6, 6.07) is 6.97. The molecule has 4 N–H and O–H groups in total. The van der Waals surface area contributed by atoms with Crippen LogP contribution in [0.3, 0.4) is 0 Å². The number of hydrogen-bond donors (Lipinski definition) is 4. The number of nitrogens with one attached hydrogen (secondary N) is 1. The molecule has 2 aromatic rings. The van der Waals surface area contributed by atoms with Crippen molar-refractivity contribution in [3.8, 4) is 5.75 Å². The van der Waals surface area contributed by atoms with Gasteiger partial charge in [0.05, 0.1) is 37.5 Å². The Hall–Kier alpha value is -3.68. The Kier molecular flexibility index (Phi) is 8.19. The average molecular weight is 584 g/mol. The zero-order valence-corrected chi connectivity index (χ0v) is 23.4. The van der Waals surface area contributed by atoms with Crippen molar-refractivity contribution in [3.63, 3.8) is 0 Å². The number of methoxy groups -OCH3 is 1. The van der Waals surface area contributed by atoms with Crippen molar-refractivity contribution in [1.29, 1.82) is 0 Å². The molecule has 3 aliphatic rings. The van der Waals surface area contributed by atoms with Gasteiger partial charge in [0.15, 0.2) is 23.6 Å². The highest BCUT2D eigenvalue weighted by atomic mass is 16.7. The third kappa shape index (κ3) is 5.20. The van der Waals surface area contributed by atoms with Gasteiger partial charge in [0.1, 0.15) is 24.1 Å². The van der Waals surface area contributed by atoms with E-state index in [-0.39, 0.29) is 53.9 Å². The number of carbonyl (C=O) groups excluding carboxylic acids is 4. The molecule has 0 saturated carbocycles. The van der Waals surface area contributed by atoms with E-state index in [0.29, 0.717) is 11.1 Å². The number of carbonyl (C=O) groups is 4. The summed E-state index contributed by atoms with van der Waals surface area (Å²) in [5.74, 6) is -1.40. The first-order valence-electron chi connectivity index (χ1n) is 13.7. The SMILES string of the molecule is CCOC(=O)N[C@@H]1C[C@H](O[C@H]2C[C@](O)(C(=O)CO)Cc3cc4c(cc32)C(=O)c2c(OC)cccc2C4=O)O[C@@H](C)[C@H]1O. The van der Waals surface area contributed by atoms with Gasteiger partial charge in [-0.05, 0) is 43.2 Å². The lowest BCUT2D eigenvalue weighted by atomic mass is 9.73. The van der Waals surface area contributed by atoms with Crippen molar-refractivity contribution < 1.29 is 53.4 Å². The van der Waals surface area contributed by atoms with Gasteiger partial charge in [0.2, 0.25) is 0 Å². The molecule has 2 aliphatic carbocycles. The molecule has 1 aliphatic heterocycles. The number of amides is 1. The summed E-state index contributed by atoms with van der Waals surface area (Å²) < 4.78 is 22.4. The van der Waals surface area contributed by atoms with Crippen LogP contribution in [0.4, 0.5) is 4.79 Å². The van der Waals surface area contributed by atoms with Gasteiger partial charge in [-0.3, -0.25) is 14.4 Å². The number of ketones is 3. The number of aliphatic hydroxyl groups excluding tert-OH is 2. The molecule has 0 spiro atoms. The summed E-state index contributed by atoms with van der Waals surface area (Å²) in [5, 5.41) is 34.1. The minimum atomic E-state index is -2.02. The smallest absolute Gasteiger partial charge is 0.407 e. The topological polar surface area (TPSA) is 178 Å². The van der Waals surface area contributed by atoms with E-state index < -0.39 is 66.3 Å². The largest absolute Gasteiger partial charge is 0.496 e. The maximum absolute atomic E-state index is 13.7. The lowest BCUT2D eigenvalue weighted by molar-refractivity contribution is -0.249. The van der Waals surface area contributed by atoms with Crippen LogP contribution < -0.4 is 10.1 Å². The highest BCUT2D eigenvalue weighted by Crippen LogP contribution is 2.43. The first-order valence-corrected chi connectivity index (χ1v) is 13.7. The molecule has 6 atom stereocenters. The van der Waals surface area contributed by atoms with Crippen LogP contribution in [0.15, 0.2) is 30.3 Å². The summed E-state index contributed by atoms with van der Waals surface area (Å²) in [5.41, 5.74) is -0.606. The molecule has 0 bridgehead atoms. The van der Waals surface area contributed by atoms with Crippen LogP contribution in [0.2, 0.25) is 0 Å². The van der Waals surface area contributed by atoms with Crippen LogP contribution in [-0.2, 0) is 25.4 Å². The van der Waals surface area contributed by atoms with E-state index in [1.165, 1.54) is 25.3 Å². The first-order chi connectivity index (χ1) is 20.0. The maximum atomic E-state index is 13.7. The highest BCUT2D eigenvalue weighted by molar-refractivity contribution is 6.29. The van der Waals surface area contributed by atoms with Crippen LogP contribution in [0, 0.1) is 0 Å². The van der Waals surface area contributed by atoms with Crippen LogP contribution in [-0.4, -0.2) is 89.2 Å². The zero-order valence-electron chi connectivity index (χ0n) is 23.4. The molecule has 1 saturated heterocycles. The Balaban J connectivity index is 1.53. The quantitative estimate of drug-likeness (QED) is 0.316. The Bertz CT molecular complexity index is 1440. The Morgan fingerprint density at radius 1 is 1.14 bits per heavy atom. The van der Waals surface area contributed by atoms with Crippen LogP contribution in [0.1, 0.15) is 75.8 Å². The number of ether oxygens (including phenoxy) is 4. The third-order valence-electron chi connectivity index (χ3n) is 8.10. The Morgan fingerprint density at radius 2 is 1.88 bits per heavy atom. The molecule has 0 aromatic heterocycles. The number of aliphatic hydroxyl groups is 3. The molecule has 1 heterocycles. The number of benzene rings is 2. The molecule has 2 aromatic carbocycles. The minimum Gasteiger partial charge on any atom is -0.496 e. The fraction of sp³-hybridized carbons (Fsp3) is 0.467. The number of hydrogen-bond acceptors (Lipinski definition) is 11. The van der Waals surface area contributed by atoms with E-state index in [0.717, 1.165) is 0 Å². The van der Waals surface area contributed by atoms with Crippen molar-refractivity contribution in [2.75, 3.05) is 20.3 Å². The third-order valence-corrected chi connectivity index (χ3v) is 8.10. The van der Waals surface area contributed by atoms with Crippen molar-refractivity contribution in [3.05, 3.63) is 63.7 Å². The summed E-state index contributed by atoms with van der Waals surface area (Å²) >= 11 is 0. The zero-order chi connectivity index (χ0) is 30.3. The molecule has 12 heteroatoms. The molecular formula is C30H33NO11. The highest BCUT2D eigenvalue weighted by Gasteiger charge is 2.47. The van der Waals surface area contributed by atoms with E-state index in [1.54, 1.807) is 26.0 Å². The van der Waals surface area contributed by atoms with Gasteiger partial charge >= 0.3 is 6.09 Å². The molecule has 1 fully saturated rings. The van der Waals surface area contributed by atoms with Gasteiger partial charge in [-0.15, -0.1) is 0 Å². The molecule has 0 radical (unpaired) electrons. The molecule has 0 unspecified atom stereocenters. The monoisotopic (exact) mass is 583 g/mol. The predicted octanol–water partition coefficient (Wildman–Crippen LogP) is 1.38. The van der Waals surface area contributed by atoms with Gasteiger partial charge in [0, 0.05) is 36.0 Å². The van der Waals surface area contributed by atoms with E-state index in [1.807, 2.05) is 0 Å². The fourth-order valence-corrected chi connectivity index (χ4v) is 5.97. The second kappa shape index (κ2) is 11.5. The Labute approximate surface area is 241 Å². The lowest BCUT2D eigenvalue weighted by Gasteiger charge is -2.42. The summed E-state index contributed by atoms with van der Waals surface area (Å²) in [6.07, 6.45) is -5.04. The van der Waals surface area contributed by atoms with E-state index in [9.17, 15) is 34.5 Å². The molecule has 42 heavy (non-hydrogen) atoms. The predicted molar refractivity (Wildman–Crippen MR) is 144 cm³/mol. The van der Waals surface area contributed by atoms with Crippen molar-refractivity contribution in [2.24, 2.45) is 0 Å². The van der Waals surface area contributed by atoms with Gasteiger partial charge in [0.25, 0.3) is 0 Å². The minimum absolute atomic E-state index is 0.00939. The van der Waals surface area contributed by atoms with Crippen LogP contribution >= 0.6 is 0 Å². The molecular weight excluding hydrogens is 550 g/mol. The fourth-order valence-electron chi connectivity index (χ4n) is 5.97. The maximum Gasteiger partial charge on any atom is 0.407 e. The molecule has 12 nitrogen and oxygen atoms in total. The average Bonchev–Trinajstić information content (AvgIpc) is 2.96. The van der Waals surface area contributed by atoms with Gasteiger partial charge in [-0.1, -0.05) is 12.1 Å². The van der Waals surface area contributed by atoms with E-state index in [4.69, 9.17) is 18.9 Å². The standard InChI is InChI=1S/C30H33NO11/c1-4-40-29(37)31-20-10-24(41-14(2)26(20)34)42-22-12-30(38,23(33)13-32)11-15-8-18-19(9-17(15)22)28(36)25-16(27(18)35)6-5-7-21(25)39-3/h5-9,14,20,22,24,26,32,34,38H,4,10-13H2,1-3H3,(H,31,37)/t14-,20+,22-,24-,26+,30-/m0/s1. The van der Waals surface area contributed by atoms with Crippen molar-refractivity contribution in [2.45, 2.75) is 69.4 Å². The number of alkyl carbamates (subject to hydrolysis) is 1. The van der Waals surface area contributed by atoms with Crippen molar-refractivity contribution in [1.82, 2.24) is 5.32 Å². The number of Topliss-reactive ketones (excluding diaryl/α,β-unsaturated/α-hetero) is 1. The normalized spacial score (nSPS) is 28.3. The number of fused-ring (bicyclic) bond motifs is 3.